The van der Waals surface area contributed by atoms with Gasteiger partial charge in [0.1, 0.15) is 17.7 Å². The van der Waals surface area contributed by atoms with Crippen LogP contribution in [0.1, 0.15) is 23.3 Å². The molecule has 2 aromatic rings. The summed E-state index contributed by atoms with van der Waals surface area (Å²) in [6, 6.07) is 1.34. The number of hydrogen-bond donors (Lipinski definition) is 2. The molecule has 0 spiro atoms. The van der Waals surface area contributed by atoms with E-state index in [1.165, 1.54) is 6.33 Å². The van der Waals surface area contributed by atoms with E-state index in [-0.39, 0.29) is 17.4 Å². The van der Waals surface area contributed by atoms with Gasteiger partial charge in [0.2, 0.25) is 10.0 Å². The maximum atomic E-state index is 12.6. The van der Waals surface area contributed by atoms with Crippen molar-refractivity contribution < 1.29 is 13.2 Å². The minimum Gasteiger partial charge on any atom is -0.346 e. The number of carbonyl (C=O) groups is 1. The number of amides is 1. The number of likely N-dealkylation sites (tertiary alicyclic amines) is 1. The van der Waals surface area contributed by atoms with E-state index in [1.54, 1.807) is 17.2 Å². The molecule has 21 heavy (non-hydrogen) atoms. The molecule has 9 heteroatoms. The van der Waals surface area contributed by atoms with Gasteiger partial charge in [0, 0.05) is 18.8 Å². The number of sulfonamides is 1. The van der Waals surface area contributed by atoms with E-state index >= 15 is 0 Å². The van der Waals surface area contributed by atoms with Crippen molar-refractivity contribution in [1.29, 1.82) is 0 Å². The highest BCUT2D eigenvalue weighted by Crippen LogP contribution is 2.23. The number of carbonyl (C=O) groups excluding carboxylic acids is 1. The van der Waals surface area contributed by atoms with Gasteiger partial charge in [0.05, 0.1) is 11.1 Å². The zero-order valence-electron chi connectivity index (χ0n) is 11.2. The molecule has 0 saturated carbocycles. The zero-order chi connectivity index (χ0) is 15.0. The SMILES string of the molecule is NS(=O)(=O)CC1CCCN1C(=O)c1ncnc2[nH]ccc12. The van der Waals surface area contributed by atoms with Gasteiger partial charge in [-0.25, -0.2) is 23.5 Å². The van der Waals surface area contributed by atoms with Gasteiger partial charge in [0.15, 0.2) is 0 Å². The van der Waals surface area contributed by atoms with Crippen LogP contribution in [0.5, 0.6) is 0 Å². The van der Waals surface area contributed by atoms with Gasteiger partial charge in [-0.3, -0.25) is 4.79 Å². The third kappa shape index (κ3) is 2.74. The number of nitrogens with zero attached hydrogens (tertiary/aromatic N) is 3. The van der Waals surface area contributed by atoms with Crippen LogP contribution < -0.4 is 5.14 Å². The molecule has 112 valence electrons. The molecule has 1 saturated heterocycles. The summed E-state index contributed by atoms with van der Waals surface area (Å²) in [5.41, 5.74) is 0.859. The summed E-state index contributed by atoms with van der Waals surface area (Å²) in [6.45, 7) is 0.509. The van der Waals surface area contributed by atoms with E-state index < -0.39 is 16.1 Å². The summed E-state index contributed by atoms with van der Waals surface area (Å²) in [7, 11) is -3.62. The summed E-state index contributed by atoms with van der Waals surface area (Å²) >= 11 is 0. The van der Waals surface area contributed by atoms with Crippen LogP contribution in [0.25, 0.3) is 11.0 Å². The summed E-state index contributed by atoms with van der Waals surface area (Å²) in [5, 5.41) is 5.72. The smallest absolute Gasteiger partial charge is 0.273 e. The van der Waals surface area contributed by atoms with Crippen LogP contribution in [-0.4, -0.2) is 52.5 Å². The highest BCUT2D eigenvalue weighted by Gasteiger charge is 2.33. The Hall–Kier alpha value is -2.00. The first kappa shape index (κ1) is 14.0. The lowest BCUT2D eigenvalue weighted by molar-refractivity contribution is 0.0745. The van der Waals surface area contributed by atoms with Crippen molar-refractivity contribution in [2.75, 3.05) is 12.3 Å². The Balaban J connectivity index is 1.92. The van der Waals surface area contributed by atoms with Crippen LogP contribution in [-0.2, 0) is 10.0 Å². The number of H-pyrrole nitrogens is 1. The summed E-state index contributed by atoms with van der Waals surface area (Å²) < 4.78 is 22.5. The van der Waals surface area contributed by atoms with E-state index in [9.17, 15) is 13.2 Å². The molecule has 2 aromatic heterocycles. The second-order valence-electron chi connectivity index (χ2n) is 5.09. The second kappa shape index (κ2) is 5.08. The number of hydrogen-bond acceptors (Lipinski definition) is 5. The van der Waals surface area contributed by atoms with Crippen molar-refractivity contribution >= 4 is 27.0 Å². The predicted molar refractivity (Wildman–Crippen MR) is 75.9 cm³/mol. The van der Waals surface area contributed by atoms with Gasteiger partial charge in [-0.15, -0.1) is 0 Å². The Labute approximate surface area is 121 Å². The standard InChI is InChI=1S/C12H15N5O3S/c13-21(19,20)6-8-2-1-5-17(8)12(18)10-9-3-4-14-11(9)16-7-15-10/h3-4,7-8H,1-2,5-6H2,(H2,13,19,20)(H,14,15,16). The highest BCUT2D eigenvalue weighted by atomic mass is 32.2. The average molecular weight is 309 g/mol. The van der Waals surface area contributed by atoms with Gasteiger partial charge in [0.25, 0.3) is 5.91 Å². The largest absolute Gasteiger partial charge is 0.346 e. The number of aromatic nitrogens is 3. The van der Waals surface area contributed by atoms with E-state index in [0.717, 1.165) is 6.42 Å². The summed E-state index contributed by atoms with van der Waals surface area (Å²) in [5.74, 6) is -0.506. The second-order valence-corrected chi connectivity index (χ2v) is 6.75. The van der Waals surface area contributed by atoms with Crippen LogP contribution >= 0.6 is 0 Å². The average Bonchev–Trinajstić information content (AvgIpc) is 3.03. The Morgan fingerprint density at radius 1 is 1.48 bits per heavy atom. The topological polar surface area (TPSA) is 122 Å². The molecule has 1 amide bonds. The van der Waals surface area contributed by atoms with Gasteiger partial charge < -0.3 is 9.88 Å². The number of primary sulfonamides is 1. The Kier molecular flexibility index (Phi) is 3.38. The van der Waals surface area contributed by atoms with Gasteiger partial charge in [-0.2, -0.15) is 0 Å². The molecule has 1 unspecified atom stereocenters. The van der Waals surface area contributed by atoms with Crippen LogP contribution in [0.4, 0.5) is 0 Å². The van der Waals surface area contributed by atoms with Gasteiger partial charge in [-0.1, -0.05) is 0 Å². The molecule has 0 aromatic carbocycles. The molecule has 3 rings (SSSR count). The molecule has 0 radical (unpaired) electrons. The maximum absolute atomic E-state index is 12.6. The van der Waals surface area contributed by atoms with Crippen LogP contribution in [0.2, 0.25) is 0 Å². The third-order valence-corrected chi connectivity index (χ3v) is 4.47. The number of fused-ring (bicyclic) bond motifs is 1. The summed E-state index contributed by atoms with van der Waals surface area (Å²) in [4.78, 5) is 25.2. The molecule has 1 atom stereocenters. The first-order valence-corrected chi connectivity index (χ1v) is 8.27. The van der Waals surface area contributed by atoms with Crippen LogP contribution in [0.15, 0.2) is 18.6 Å². The highest BCUT2D eigenvalue weighted by molar-refractivity contribution is 7.89. The fraction of sp³-hybridized carbons (Fsp3) is 0.417. The van der Waals surface area contributed by atoms with Crippen LogP contribution in [0.3, 0.4) is 0 Å². The molecule has 0 aliphatic carbocycles. The Bertz CT molecular complexity index is 785. The van der Waals surface area contributed by atoms with E-state index in [4.69, 9.17) is 5.14 Å². The van der Waals surface area contributed by atoms with E-state index in [2.05, 4.69) is 15.0 Å². The first-order chi connectivity index (χ1) is 9.96. The lowest BCUT2D eigenvalue weighted by Crippen LogP contribution is -2.41. The molecule has 0 bridgehead atoms. The first-order valence-electron chi connectivity index (χ1n) is 6.55. The molecule has 8 nitrogen and oxygen atoms in total. The Morgan fingerprint density at radius 3 is 3.05 bits per heavy atom. The Morgan fingerprint density at radius 2 is 2.29 bits per heavy atom. The normalized spacial score (nSPS) is 19.3. The van der Waals surface area contributed by atoms with Crippen molar-refractivity contribution in [2.24, 2.45) is 5.14 Å². The number of aromatic amines is 1. The minimum absolute atomic E-state index is 0.222. The van der Waals surface area contributed by atoms with E-state index in [1.807, 2.05) is 0 Å². The molecule has 1 aliphatic heterocycles. The number of rotatable bonds is 3. The fourth-order valence-corrected chi connectivity index (χ4v) is 3.61. The van der Waals surface area contributed by atoms with Crippen molar-refractivity contribution in [3.05, 3.63) is 24.3 Å². The molecule has 3 N–H and O–H groups in total. The molecule has 1 fully saturated rings. The van der Waals surface area contributed by atoms with Crippen molar-refractivity contribution in [3.63, 3.8) is 0 Å². The van der Waals surface area contributed by atoms with Crippen molar-refractivity contribution in [3.8, 4) is 0 Å². The summed E-state index contributed by atoms with van der Waals surface area (Å²) in [6.07, 6.45) is 4.38. The lowest BCUT2D eigenvalue weighted by atomic mass is 10.2. The van der Waals surface area contributed by atoms with E-state index in [0.29, 0.717) is 24.0 Å². The van der Waals surface area contributed by atoms with Crippen molar-refractivity contribution in [2.45, 2.75) is 18.9 Å². The quantitative estimate of drug-likeness (QED) is 0.816. The fourth-order valence-electron chi connectivity index (χ4n) is 2.72. The number of nitrogens with one attached hydrogen (secondary N) is 1. The lowest BCUT2D eigenvalue weighted by Gasteiger charge is -2.23. The monoisotopic (exact) mass is 309 g/mol. The van der Waals surface area contributed by atoms with Crippen molar-refractivity contribution in [1.82, 2.24) is 19.9 Å². The molecular formula is C12H15N5O3S. The molecule has 1 aliphatic rings. The zero-order valence-corrected chi connectivity index (χ0v) is 12.0. The molecular weight excluding hydrogens is 294 g/mol. The van der Waals surface area contributed by atoms with Gasteiger partial charge >= 0.3 is 0 Å². The molecule has 3 heterocycles. The predicted octanol–water partition coefficient (Wildman–Crippen LogP) is -0.149. The third-order valence-electron chi connectivity index (χ3n) is 3.62. The van der Waals surface area contributed by atoms with Crippen LogP contribution in [0, 0.1) is 0 Å². The minimum atomic E-state index is -3.62. The number of nitrogens with two attached hydrogens (primary N) is 1. The maximum Gasteiger partial charge on any atom is 0.273 e. The van der Waals surface area contributed by atoms with Gasteiger partial charge in [-0.05, 0) is 18.9 Å².